The molecule has 1 aromatic carbocycles. The number of halogens is 3. The smallest absolute Gasteiger partial charge is 0.433 e. The zero-order chi connectivity index (χ0) is 25.9. The number of amides is 1. The van der Waals surface area contributed by atoms with Gasteiger partial charge >= 0.3 is 6.18 Å². The van der Waals surface area contributed by atoms with Crippen LogP contribution in [-0.4, -0.2) is 37.2 Å². The van der Waals surface area contributed by atoms with Crippen molar-refractivity contribution < 1.29 is 22.7 Å². The van der Waals surface area contributed by atoms with Crippen LogP contribution in [0.1, 0.15) is 27.7 Å². The summed E-state index contributed by atoms with van der Waals surface area (Å²) in [6.45, 7) is -0.0789. The lowest BCUT2D eigenvalue weighted by atomic mass is 10.0. The Morgan fingerprint density at radius 3 is 2.70 bits per heavy atom. The first-order valence-corrected chi connectivity index (χ1v) is 11.2. The Labute approximate surface area is 207 Å². The van der Waals surface area contributed by atoms with Gasteiger partial charge in [0.1, 0.15) is 24.2 Å². The van der Waals surface area contributed by atoms with Crippen LogP contribution in [0.2, 0.25) is 0 Å². The van der Waals surface area contributed by atoms with Crippen LogP contribution >= 0.6 is 0 Å². The van der Waals surface area contributed by atoms with E-state index in [0.29, 0.717) is 39.1 Å². The molecule has 0 aliphatic carbocycles. The zero-order valence-corrected chi connectivity index (χ0v) is 19.3. The van der Waals surface area contributed by atoms with Crippen molar-refractivity contribution in [1.29, 1.82) is 0 Å². The Bertz CT molecular complexity index is 1700. The predicted octanol–water partition coefficient (Wildman–Crippen LogP) is 4.29. The Morgan fingerprint density at radius 1 is 1.11 bits per heavy atom. The summed E-state index contributed by atoms with van der Waals surface area (Å²) in [5.74, 6) is 0.0834. The van der Waals surface area contributed by atoms with Gasteiger partial charge in [-0.3, -0.25) is 19.4 Å². The molecule has 186 valence electrons. The van der Waals surface area contributed by atoms with Gasteiger partial charge < -0.3 is 10.5 Å². The Morgan fingerprint density at radius 2 is 1.95 bits per heavy atom. The number of fused-ring (bicyclic) bond motifs is 4. The largest absolute Gasteiger partial charge is 0.475 e. The van der Waals surface area contributed by atoms with Gasteiger partial charge in [-0.25, -0.2) is 9.97 Å². The van der Waals surface area contributed by atoms with Gasteiger partial charge in [0, 0.05) is 59.0 Å². The number of benzene rings is 1. The summed E-state index contributed by atoms with van der Waals surface area (Å²) in [7, 11) is 1.70. The average molecular weight is 505 g/mol. The Hall–Kier alpha value is -4.74. The molecule has 5 aromatic rings. The molecular formula is C25H18F3N7O2. The van der Waals surface area contributed by atoms with Crippen molar-refractivity contribution in [2.24, 2.45) is 7.05 Å². The summed E-state index contributed by atoms with van der Waals surface area (Å²) in [6, 6.07) is 9.84. The maximum Gasteiger partial charge on any atom is 0.433 e. The van der Waals surface area contributed by atoms with Crippen molar-refractivity contribution >= 4 is 39.2 Å². The number of anilines is 2. The second-order valence-corrected chi connectivity index (χ2v) is 8.59. The summed E-state index contributed by atoms with van der Waals surface area (Å²) >= 11 is 0. The molecule has 0 fully saturated rings. The molecule has 37 heavy (non-hydrogen) atoms. The molecule has 9 nitrogen and oxygen atoms in total. The summed E-state index contributed by atoms with van der Waals surface area (Å²) in [6.07, 6.45) is 0.321. The van der Waals surface area contributed by atoms with Crippen LogP contribution in [-0.2, 0) is 13.2 Å². The van der Waals surface area contributed by atoms with Gasteiger partial charge in [-0.1, -0.05) is 0 Å². The molecule has 4 aromatic heterocycles. The number of nitrogens with zero attached hydrogens (tertiary/aromatic N) is 6. The summed E-state index contributed by atoms with van der Waals surface area (Å²) < 4.78 is 46.6. The maximum atomic E-state index is 14.0. The van der Waals surface area contributed by atoms with E-state index in [-0.39, 0.29) is 12.5 Å². The number of rotatable bonds is 3. The first kappa shape index (κ1) is 22.7. The number of aryl methyl sites for hydroxylation is 1. The molecule has 0 radical (unpaired) electrons. The van der Waals surface area contributed by atoms with E-state index in [1.165, 1.54) is 15.6 Å². The molecule has 1 atom stereocenters. The maximum absolute atomic E-state index is 14.0. The lowest BCUT2D eigenvalue weighted by Gasteiger charge is -2.26. The highest BCUT2D eigenvalue weighted by Gasteiger charge is 2.39. The minimum absolute atomic E-state index is 0.0789. The van der Waals surface area contributed by atoms with Crippen LogP contribution in [0.25, 0.3) is 21.7 Å². The van der Waals surface area contributed by atoms with Crippen molar-refractivity contribution in [3.05, 3.63) is 77.9 Å². The van der Waals surface area contributed by atoms with Gasteiger partial charge in [-0.05, 0) is 36.4 Å². The zero-order valence-electron chi connectivity index (χ0n) is 19.3. The minimum Gasteiger partial charge on any atom is -0.475 e. The number of carbonyl (C=O) groups excluding carboxylic acids is 1. The molecule has 0 bridgehead atoms. The molecule has 1 unspecified atom stereocenters. The fraction of sp³-hybridized carbons (Fsp3) is 0.160. The monoisotopic (exact) mass is 505 g/mol. The number of nitrogen functional groups attached to an aromatic ring is 1. The van der Waals surface area contributed by atoms with Gasteiger partial charge in [0.15, 0.2) is 5.82 Å². The molecule has 6 rings (SSSR count). The second-order valence-electron chi connectivity index (χ2n) is 8.59. The van der Waals surface area contributed by atoms with E-state index in [2.05, 4.69) is 20.1 Å². The molecule has 12 heteroatoms. The number of alkyl halides is 3. The number of carbonyl (C=O) groups is 1. The standard InChI is InChI=1S/C25H18F3N7O2/c1-34-9-7-21(33-34)35(19-12-37-23-15(19)3-5-20(32-23)25(26,27)28)24(36)13-2-4-18-16(10-13)17-11-30-8-6-14(17)22(29)31-18/h2-11,19H,12H2,1H3,(H2,29,31). The molecule has 0 spiro atoms. The van der Waals surface area contributed by atoms with Crippen molar-refractivity contribution in [3.8, 4) is 5.88 Å². The third kappa shape index (κ3) is 3.77. The summed E-state index contributed by atoms with van der Waals surface area (Å²) in [5, 5.41) is 6.51. The highest BCUT2D eigenvalue weighted by atomic mass is 19.4. The molecular weight excluding hydrogens is 487 g/mol. The first-order chi connectivity index (χ1) is 17.7. The number of aromatic nitrogens is 5. The Kier molecular flexibility index (Phi) is 5.00. The highest BCUT2D eigenvalue weighted by Crippen LogP contribution is 2.40. The topological polar surface area (TPSA) is 112 Å². The Balaban J connectivity index is 1.47. The number of hydrogen-bond acceptors (Lipinski definition) is 7. The lowest BCUT2D eigenvalue weighted by molar-refractivity contribution is -0.141. The van der Waals surface area contributed by atoms with Crippen LogP contribution in [0.3, 0.4) is 0 Å². The van der Waals surface area contributed by atoms with Crippen LogP contribution < -0.4 is 15.4 Å². The molecule has 1 aliphatic heterocycles. The van der Waals surface area contributed by atoms with Gasteiger partial charge in [0.25, 0.3) is 5.91 Å². The highest BCUT2D eigenvalue weighted by molar-refractivity contribution is 6.13. The molecule has 5 heterocycles. The SMILES string of the molecule is Cn1ccc(N(C(=O)c2ccc3nc(N)c4ccncc4c3c2)C2COc3nc(C(F)(F)F)ccc32)n1. The van der Waals surface area contributed by atoms with Crippen molar-refractivity contribution in [2.75, 3.05) is 17.2 Å². The lowest BCUT2D eigenvalue weighted by Crippen LogP contribution is -2.36. The van der Waals surface area contributed by atoms with Crippen LogP contribution in [0.4, 0.5) is 24.8 Å². The average Bonchev–Trinajstić information content (AvgIpc) is 3.50. The van der Waals surface area contributed by atoms with Crippen molar-refractivity contribution in [1.82, 2.24) is 24.7 Å². The number of pyridine rings is 3. The molecule has 0 saturated heterocycles. The quantitative estimate of drug-likeness (QED) is 0.364. The third-order valence-corrected chi connectivity index (χ3v) is 6.27. The summed E-state index contributed by atoms with van der Waals surface area (Å²) in [5.41, 5.74) is 6.31. The van der Waals surface area contributed by atoms with Gasteiger partial charge in [0.2, 0.25) is 5.88 Å². The number of ether oxygens (including phenoxy) is 1. The van der Waals surface area contributed by atoms with E-state index in [0.717, 1.165) is 11.5 Å². The third-order valence-electron chi connectivity index (χ3n) is 6.27. The van der Waals surface area contributed by atoms with Crippen LogP contribution in [0, 0.1) is 0 Å². The molecule has 2 N–H and O–H groups in total. The fourth-order valence-electron chi connectivity index (χ4n) is 4.52. The summed E-state index contributed by atoms with van der Waals surface area (Å²) in [4.78, 5) is 27.6. The molecule has 0 saturated carbocycles. The number of nitrogens with two attached hydrogens (primary N) is 1. The van der Waals surface area contributed by atoms with E-state index >= 15 is 0 Å². The van der Waals surface area contributed by atoms with Gasteiger partial charge in [-0.2, -0.15) is 18.3 Å². The van der Waals surface area contributed by atoms with E-state index in [1.54, 1.807) is 56.0 Å². The first-order valence-electron chi connectivity index (χ1n) is 11.2. The normalized spacial score (nSPS) is 15.1. The van der Waals surface area contributed by atoms with Crippen LogP contribution in [0.5, 0.6) is 5.88 Å². The van der Waals surface area contributed by atoms with Gasteiger partial charge in [-0.15, -0.1) is 0 Å². The van der Waals surface area contributed by atoms with Crippen molar-refractivity contribution in [2.45, 2.75) is 12.2 Å². The van der Waals surface area contributed by atoms with E-state index in [9.17, 15) is 18.0 Å². The predicted molar refractivity (Wildman–Crippen MR) is 129 cm³/mol. The molecule has 1 aliphatic rings. The van der Waals surface area contributed by atoms with Crippen molar-refractivity contribution in [3.63, 3.8) is 0 Å². The van der Waals surface area contributed by atoms with E-state index < -0.39 is 23.8 Å². The molecule has 1 amide bonds. The van der Waals surface area contributed by atoms with Gasteiger partial charge in [0.05, 0.1) is 5.52 Å². The van der Waals surface area contributed by atoms with E-state index in [4.69, 9.17) is 10.5 Å². The fourth-order valence-corrected chi connectivity index (χ4v) is 4.52. The minimum atomic E-state index is -4.62. The van der Waals surface area contributed by atoms with E-state index in [1.807, 2.05) is 0 Å². The number of hydrogen-bond donors (Lipinski definition) is 1. The van der Waals surface area contributed by atoms with Crippen LogP contribution in [0.15, 0.2) is 61.1 Å². The second kappa shape index (κ2) is 8.15.